The molecule has 7 heteroatoms. The van der Waals surface area contributed by atoms with E-state index in [0.717, 1.165) is 25.9 Å². The van der Waals surface area contributed by atoms with Gasteiger partial charge in [-0.1, -0.05) is 18.0 Å². The first-order valence-electron chi connectivity index (χ1n) is 6.08. The molecule has 0 spiro atoms. The lowest BCUT2D eigenvalue weighted by molar-refractivity contribution is -0.384. The van der Waals surface area contributed by atoms with Crippen LogP contribution >= 0.6 is 11.6 Å². The number of nitrogens with zero attached hydrogens (tertiary/aromatic N) is 2. The summed E-state index contributed by atoms with van der Waals surface area (Å²) in [6, 6.07) is 3.84. The Morgan fingerprint density at radius 1 is 1.32 bits per heavy atom. The first-order chi connectivity index (χ1) is 9.08. The molecule has 1 amide bonds. The lowest BCUT2D eigenvalue weighted by Gasteiger charge is -2.26. The topological polar surface area (TPSA) is 75.5 Å². The van der Waals surface area contributed by atoms with E-state index in [0.29, 0.717) is 0 Å². The van der Waals surface area contributed by atoms with E-state index >= 15 is 0 Å². The Balaban J connectivity index is 2.08. The molecule has 0 bridgehead atoms. The zero-order valence-electron chi connectivity index (χ0n) is 10.3. The second-order valence-electron chi connectivity index (χ2n) is 4.41. The number of halogens is 1. The molecule has 1 aliphatic rings. The zero-order valence-corrected chi connectivity index (χ0v) is 11.0. The van der Waals surface area contributed by atoms with Crippen LogP contribution in [0.2, 0.25) is 5.02 Å². The second kappa shape index (κ2) is 5.99. The Hall–Kier alpha value is -1.66. The third-order valence-corrected chi connectivity index (χ3v) is 3.34. The molecule has 0 aromatic heterocycles. The summed E-state index contributed by atoms with van der Waals surface area (Å²) in [5.74, 6) is -0.332. The standard InChI is InChI=1S/C12H14ClN3O3/c13-11-8-9(16(18)19)4-5-10(11)12(17)14-15-6-2-1-3-7-15/h4-5,8H,1-3,6-7H2,(H,14,17). The maximum atomic E-state index is 12.0. The van der Waals surface area contributed by atoms with Crippen molar-refractivity contribution in [2.75, 3.05) is 13.1 Å². The van der Waals surface area contributed by atoms with Crippen LogP contribution in [0.3, 0.4) is 0 Å². The molecule has 1 fully saturated rings. The summed E-state index contributed by atoms with van der Waals surface area (Å²) in [5.41, 5.74) is 2.89. The fourth-order valence-corrected chi connectivity index (χ4v) is 2.27. The van der Waals surface area contributed by atoms with Gasteiger partial charge in [0.05, 0.1) is 15.5 Å². The first-order valence-corrected chi connectivity index (χ1v) is 6.45. The average Bonchev–Trinajstić information content (AvgIpc) is 2.39. The quantitative estimate of drug-likeness (QED) is 0.682. The van der Waals surface area contributed by atoms with Crippen LogP contribution in [0.4, 0.5) is 5.69 Å². The lowest BCUT2D eigenvalue weighted by atomic mass is 10.1. The van der Waals surface area contributed by atoms with Crippen LogP contribution in [-0.4, -0.2) is 28.9 Å². The molecule has 0 saturated carbocycles. The van der Waals surface area contributed by atoms with E-state index < -0.39 is 4.92 Å². The molecule has 6 nitrogen and oxygen atoms in total. The van der Waals surface area contributed by atoms with Crippen molar-refractivity contribution in [2.24, 2.45) is 0 Å². The van der Waals surface area contributed by atoms with Crippen molar-refractivity contribution in [2.45, 2.75) is 19.3 Å². The van der Waals surface area contributed by atoms with Crippen LogP contribution in [-0.2, 0) is 0 Å². The SMILES string of the molecule is O=C(NN1CCCCC1)c1ccc([N+](=O)[O-])cc1Cl. The highest BCUT2D eigenvalue weighted by Gasteiger charge is 2.18. The molecule has 2 rings (SSSR count). The molecule has 1 heterocycles. The molecule has 1 aliphatic heterocycles. The summed E-state index contributed by atoms with van der Waals surface area (Å²) in [7, 11) is 0. The molecule has 1 N–H and O–H groups in total. The Labute approximate surface area is 115 Å². The number of carbonyl (C=O) groups is 1. The van der Waals surface area contributed by atoms with Crippen molar-refractivity contribution in [1.82, 2.24) is 10.4 Å². The predicted molar refractivity (Wildman–Crippen MR) is 71.0 cm³/mol. The minimum Gasteiger partial charge on any atom is -0.285 e. The number of piperidine rings is 1. The number of nitro groups is 1. The molecule has 19 heavy (non-hydrogen) atoms. The Morgan fingerprint density at radius 2 is 2.00 bits per heavy atom. The number of hydrazine groups is 1. The van der Waals surface area contributed by atoms with E-state index in [-0.39, 0.29) is 22.2 Å². The third-order valence-electron chi connectivity index (χ3n) is 3.02. The number of nitrogens with one attached hydrogen (secondary N) is 1. The Kier molecular flexibility index (Phi) is 4.34. The molecule has 1 aromatic rings. The van der Waals surface area contributed by atoms with Crippen LogP contribution in [0.25, 0.3) is 0 Å². The van der Waals surface area contributed by atoms with Gasteiger partial charge < -0.3 is 0 Å². The van der Waals surface area contributed by atoms with Gasteiger partial charge in [0.15, 0.2) is 0 Å². The van der Waals surface area contributed by atoms with E-state index in [2.05, 4.69) is 5.43 Å². The number of hydrogen-bond donors (Lipinski definition) is 1. The van der Waals surface area contributed by atoms with Gasteiger partial charge in [-0.15, -0.1) is 0 Å². The number of rotatable bonds is 3. The molecule has 0 radical (unpaired) electrons. The summed E-state index contributed by atoms with van der Waals surface area (Å²) in [4.78, 5) is 22.1. The van der Waals surface area contributed by atoms with Gasteiger partial charge in [0.25, 0.3) is 11.6 Å². The lowest BCUT2D eigenvalue weighted by Crippen LogP contribution is -2.45. The van der Waals surface area contributed by atoms with Crippen LogP contribution in [0, 0.1) is 10.1 Å². The molecule has 1 aromatic carbocycles. The zero-order chi connectivity index (χ0) is 13.8. The van der Waals surface area contributed by atoms with E-state index in [9.17, 15) is 14.9 Å². The minimum atomic E-state index is -0.543. The second-order valence-corrected chi connectivity index (χ2v) is 4.82. The van der Waals surface area contributed by atoms with E-state index in [4.69, 9.17) is 11.6 Å². The van der Waals surface area contributed by atoms with Crippen molar-refractivity contribution < 1.29 is 9.72 Å². The number of non-ortho nitro benzene ring substituents is 1. The van der Waals surface area contributed by atoms with Crippen molar-refractivity contribution in [3.8, 4) is 0 Å². The number of benzene rings is 1. The smallest absolute Gasteiger partial charge is 0.270 e. The highest BCUT2D eigenvalue weighted by molar-refractivity contribution is 6.34. The number of amides is 1. The van der Waals surface area contributed by atoms with Gasteiger partial charge in [0, 0.05) is 25.2 Å². The molecular formula is C12H14ClN3O3. The van der Waals surface area contributed by atoms with E-state index in [1.807, 2.05) is 5.01 Å². The van der Waals surface area contributed by atoms with Crippen LogP contribution in [0.5, 0.6) is 0 Å². The molecule has 0 unspecified atom stereocenters. The fraction of sp³-hybridized carbons (Fsp3) is 0.417. The maximum absolute atomic E-state index is 12.0. The average molecular weight is 284 g/mol. The van der Waals surface area contributed by atoms with Crippen LogP contribution in [0.15, 0.2) is 18.2 Å². The van der Waals surface area contributed by atoms with Gasteiger partial charge in [0.2, 0.25) is 0 Å². The molecule has 1 saturated heterocycles. The number of hydrogen-bond acceptors (Lipinski definition) is 4. The third kappa shape index (κ3) is 3.42. The molecule has 0 atom stereocenters. The first kappa shape index (κ1) is 13.8. The highest BCUT2D eigenvalue weighted by atomic mass is 35.5. The van der Waals surface area contributed by atoms with Crippen molar-refractivity contribution in [3.63, 3.8) is 0 Å². The summed E-state index contributed by atoms with van der Waals surface area (Å²) >= 11 is 5.90. The molecule has 0 aliphatic carbocycles. The number of nitro benzene ring substituents is 1. The molecular weight excluding hydrogens is 270 g/mol. The normalized spacial score (nSPS) is 16.1. The van der Waals surface area contributed by atoms with Crippen LogP contribution in [0.1, 0.15) is 29.6 Å². The summed E-state index contributed by atoms with van der Waals surface area (Å²) in [5, 5.41) is 12.5. The van der Waals surface area contributed by atoms with Gasteiger partial charge in [-0.25, -0.2) is 5.01 Å². The Morgan fingerprint density at radius 3 is 2.58 bits per heavy atom. The van der Waals surface area contributed by atoms with Gasteiger partial charge in [-0.05, 0) is 18.9 Å². The number of carbonyl (C=O) groups excluding carboxylic acids is 1. The highest BCUT2D eigenvalue weighted by Crippen LogP contribution is 2.22. The molecule has 102 valence electrons. The van der Waals surface area contributed by atoms with Gasteiger partial charge in [0.1, 0.15) is 0 Å². The summed E-state index contributed by atoms with van der Waals surface area (Å²) < 4.78 is 0. The van der Waals surface area contributed by atoms with Gasteiger partial charge in [-0.2, -0.15) is 0 Å². The largest absolute Gasteiger partial charge is 0.285 e. The predicted octanol–water partition coefficient (Wildman–Crippen LogP) is 2.38. The van der Waals surface area contributed by atoms with Crippen molar-refractivity contribution in [3.05, 3.63) is 38.9 Å². The maximum Gasteiger partial charge on any atom is 0.270 e. The van der Waals surface area contributed by atoms with Gasteiger partial charge >= 0.3 is 0 Å². The Bertz CT molecular complexity index is 501. The monoisotopic (exact) mass is 283 g/mol. The van der Waals surface area contributed by atoms with E-state index in [1.165, 1.54) is 24.6 Å². The van der Waals surface area contributed by atoms with Gasteiger partial charge in [-0.3, -0.25) is 20.3 Å². The van der Waals surface area contributed by atoms with Crippen molar-refractivity contribution >= 4 is 23.2 Å². The van der Waals surface area contributed by atoms with Crippen LogP contribution < -0.4 is 5.43 Å². The van der Waals surface area contributed by atoms with E-state index in [1.54, 1.807) is 0 Å². The van der Waals surface area contributed by atoms with Crippen molar-refractivity contribution in [1.29, 1.82) is 0 Å². The summed E-state index contributed by atoms with van der Waals surface area (Å²) in [6.45, 7) is 1.63. The minimum absolute atomic E-state index is 0.0868. The summed E-state index contributed by atoms with van der Waals surface area (Å²) in [6.07, 6.45) is 3.27. The fourth-order valence-electron chi connectivity index (χ4n) is 2.01.